The molecule has 1 atom stereocenters. The van der Waals surface area contributed by atoms with Crippen molar-refractivity contribution in [2.24, 2.45) is 5.16 Å². The van der Waals surface area contributed by atoms with E-state index >= 15 is 0 Å². The van der Waals surface area contributed by atoms with Gasteiger partial charge in [0.1, 0.15) is 18.2 Å². The zero-order valence-electron chi connectivity index (χ0n) is 12.4. The van der Waals surface area contributed by atoms with E-state index in [-0.39, 0.29) is 11.9 Å². The van der Waals surface area contributed by atoms with Crippen molar-refractivity contribution in [2.75, 3.05) is 0 Å². The summed E-state index contributed by atoms with van der Waals surface area (Å²) in [5.41, 5.74) is 1.89. The van der Waals surface area contributed by atoms with Crippen molar-refractivity contribution < 1.29 is 14.3 Å². The van der Waals surface area contributed by atoms with Gasteiger partial charge in [0, 0.05) is 12.6 Å². The Labute approximate surface area is 129 Å². The van der Waals surface area contributed by atoms with E-state index in [4.69, 9.17) is 9.94 Å². The molecule has 1 unspecified atom stereocenters. The molecule has 0 heterocycles. The molecule has 0 aromatic heterocycles. The maximum Gasteiger partial charge on any atom is 0.123 e. The van der Waals surface area contributed by atoms with E-state index in [1.807, 2.05) is 37.3 Å². The molecule has 5 heteroatoms. The summed E-state index contributed by atoms with van der Waals surface area (Å²) in [6, 6.07) is 14.0. The highest BCUT2D eigenvalue weighted by molar-refractivity contribution is 5.62. The summed E-state index contributed by atoms with van der Waals surface area (Å²) < 4.78 is 18.7. The van der Waals surface area contributed by atoms with Crippen molar-refractivity contribution in [3.8, 4) is 5.75 Å². The number of ether oxygens (including phenoxy) is 1. The molecule has 0 bridgehead atoms. The molecule has 0 aliphatic heterocycles. The second-order valence-electron chi connectivity index (χ2n) is 5.00. The molecule has 4 nitrogen and oxygen atoms in total. The van der Waals surface area contributed by atoms with Crippen LogP contribution in [0, 0.1) is 5.82 Å². The zero-order valence-corrected chi connectivity index (χ0v) is 12.4. The third-order valence-electron chi connectivity index (χ3n) is 3.14. The van der Waals surface area contributed by atoms with Crippen LogP contribution in [0.4, 0.5) is 4.39 Å². The van der Waals surface area contributed by atoms with E-state index in [1.54, 1.807) is 6.07 Å². The largest absolute Gasteiger partial charge is 0.489 e. The minimum atomic E-state index is -0.261. The van der Waals surface area contributed by atoms with Crippen molar-refractivity contribution in [1.29, 1.82) is 0 Å². The first kappa shape index (κ1) is 16.0. The Morgan fingerprint density at radius 1 is 1.23 bits per heavy atom. The van der Waals surface area contributed by atoms with Crippen LogP contribution in [0.3, 0.4) is 0 Å². The molecule has 0 aliphatic rings. The van der Waals surface area contributed by atoms with Gasteiger partial charge in [-0.15, -0.1) is 5.16 Å². The van der Waals surface area contributed by atoms with E-state index in [0.717, 1.165) is 16.9 Å². The van der Waals surface area contributed by atoms with Gasteiger partial charge < -0.3 is 15.3 Å². The maximum atomic E-state index is 13.1. The van der Waals surface area contributed by atoms with Crippen LogP contribution in [0.2, 0.25) is 0 Å². The smallest absolute Gasteiger partial charge is 0.123 e. The minimum Gasteiger partial charge on any atom is -0.489 e. The topological polar surface area (TPSA) is 53.9 Å². The Morgan fingerprint density at radius 3 is 2.68 bits per heavy atom. The van der Waals surface area contributed by atoms with Gasteiger partial charge in [-0.3, -0.25) is 0 Å². The predicted molar refractivity (Wildman–Crippen MR) is 83.8 cm³/mol. The first-order valence-electron chi connectivity index (χ1n) is 7.04. The monoisotopic (exact) mass is 302 g/mol. The Balaban J connectivity index is 1.84. The predicted octanol–water partition coefficient (Wildman–Crippen LogP) is 3.34. The molecule has 0 spiro atoms. The minimum absolute atomic E-state index is 0.00564. The molecule has 2 rings (SSSR count). The fourth-order valence-corrected chi connectivity index (χ4v) is 1.93. The SMILES string of the molecule is CC(C=NO)NCc1ccc(OCc2cccc(F)c2)cc1. The van der Waals surface area contributed by atoms with Gasteiger partial charge in [0.2, 0.25) is 0 Å². The van der Waals surface area contributed by atoms with Gasteiger partial charge >= 0.3 is 0 Å². The molecule has 116 valence electrons. The molecule has 0 fully saturated rings. The average molecular weight is 302 g/mol. The molecule has 0 saturated heterocycles. The molecule has 2 N–H and O–H groups in total. The lowest BCUT2D eigenvalue weighted by molar-refractivity contribution is 0.305. The van der Waals surface area contributed by atoms with Crippen LogP contribution in [0.1, 0.15) is 18.1 Å². The number of oxime groups is 1. The molecular formula is C17H19FN2O2. The quantitative estimate of drug-likeness (QED) is 0.468. The van der Waals surface area contributed by atoms with Crippen molar-refractivity contribution in [3.05, 3.63) is 65.5 Å². The number of benzene rings is 2. The van der Waals surface area contributed by atoms with Crippen LogP contribution >= 0.6 is 0 Å². The highest BCUT2D eigenvalue weighted by Gasteiger charge is 2.00. The summed E-state index contributed by atoms with van der Waals surface area (Å²) in [7, 11) is 0. The summed E-state index contributed by atoms with van der Waals surface area (Å²) in [5, 5.41) is 14.6. The van der Waals surface area contributed by atoms with Crippen LogP contribution in [-0.4, -0.2) is 17.5 Å². The zero-order chi connectivity index (χ0) is 15.8. The highest BCUT2D eigenvalue weighted by atomic mass is 19.1. The highest BCUT2D eigenvalue weighted by Crippen LogP contribution is 2.14. The molecule has 0 aliphatic carbocycles. The van der Waals surface area contributed by atoms with Crippen LogP contribution in [0.25, 0.3) is 0 Å². The van der Waals surface area contributed by atoms with E-state index in [0.29, 0.717) is 13.2 Å². The third kappa shape index (κ3) is 5.18. The number of hydrogen-bond acceptors (Lipinski definition) is 4. The molecule has 0 saturated carbocycles. The summed E-state index contributed by atoms with van der Waals surface area (Å²) in [6.45, 7) is 2.90. The Kier molecular flexibility index (Phi) is 5.91. The number of halogens is 1. The molecule has 2 aromatic carbocycles. The van der Waals surface area contributed by atoms with Crippen molar-refractivity contribution in [3.63, 3.8) is 0 Å². The lowest BCUT2D eigenvalue weighted by Crippen LogP contribution is -2.26. The van der Waals surface area contributed by atoms with E-state index < -0.39 is 0 Å². The number of rotatable bonds is 7. The van der Waals surface area contributed by atoms with E-state index in [1.165, 1.54) is 18.3 Å². The van der Waals surface area contributed by atoms with Crippen LogP contribution in [-0.2, 0) is 13.2 Å². The molecule has 2 aromatic rings. The molecular weight excluding hydrogens is 283 g/mol. The molecule has 22 heavy (non-hydrogen) atoms. The standard InChI is InChI=1S/C17H19FN2O2/c1-13(10-20-21)19-11-14-5-7-17(8-6-14)22-12-15-3-2-4-16(18)9-15/h2-10,13,19,21H,11-12H2,1H3. The first-order chi connectivity index (χ1) is 10.7. The van der Waals surface area contributed by atoms with Crippen LogP contribution in [0.15, 0.2) is 53.7 Å². The Morgan fingerprint density at radius 2 is 2.00 bits per heavy atom. The fraction of sp³-hybridized carbons (Fsp3) is 0.235. The summed E-state index contributed by atoms with van der Waals surface area (Å²) in [5.74, 6) is 0.473. The first-order valence-corrected chi connectivity index (χ1v) is 7.04. The van der Waals surface area contributed by atoms with Crippen molar-refractivity contribution in [1.82, 2.24) is 5.32 Å². The van der Waals surface area contributed by atoms with E-state index in [2.05, 4.69) is 10.5 Å². The summed E-state index contributed by atoms with van der Waals surface area (Å²) >= 11 is 0. The van der Waals surface area contributed by atoms with Crippen molar-refractivity contribution >= 4 is 6.21 Å². The van der Waals surface area contributed by atoms with Gasteiger partial charge in [0.05, 0.1) is 6.21 Å². The van der Waals surface area contributed by atoms with Crippen LogP contribution in [0.5, 0.6) is 5.75 Å². The Bertz CT molecular complexity index is 614. The van der Waals surface area contributed by atoms with Crippen LogP contribution < -0.4 is 10.1 Å². The lowest BCUT2D eigenvalue weighted by atomic mass is 10.2. The fourth-order valence-electron chi connectivity index (χ4n) is 1.93. The Hall–Kier alpha value is -2.40. The van der Waals surface area contributed by atoms with Gasteiger partial charge in [-0.2, -0.15) is 0 Å². The van der Waals surface area contributed by atoms with Gasteiger partial charge in [-0.1, -0.05) is 24.3 Å². The lowest BCUT2D eigenvalue weighted by Gasteiger charge is -2.10. The molecule has 0 radical (unpaired) electrons. The second kappa shape index (κ2) is 8.14. The third-order valence-corrected chi connectivity index (χ3v) is 3.14. The number of hydrogen-bond donors (Lipinski definition) is 2. The summed E-state index contributed by atoms with van der Waals surface area (Å²) in [4.78, 5) is 0. The normalized spacial score (nSPS) is 12.5. The van der Waals surface area contributed by atoms with E-state index in [9.17, 15) is 4.39 Å². The van der Waals surface area contributed by atoms with Gasteiger partial charge in [-0.05, 0) is 42.3 Å². The van der Waals surface area contributed by atoms with Crippen molar-refractivity contribution in [2.45, 2.75) is 26.1 Å². The summed E-state index contributed by atoms with van der Waals surface area (Å²) in [6.07, 6.45) is 1.43. The maximum absolute atomic E-state index is 13.1. The van der Waals surface area contributed by atoms with Gasteiger partial charge in [0.15, 0.2) is 0 Å². The average Bonchev–Trinajstić information content (AvgIpc) is 2.52. The molecule has 0 amide bonds. The second-order valence-corrected chi connectivity index (χ2v) is 5.00. The number of nitrogens with zero attached hydrogens (tertiary/aromatic N) is 1. The van der Waals surface area contributed by atoms with Gasteiger partial charge in [-0.25, -0.2) is 4.39 Å². The number of nitrogens with one attached hydrogen (secondary N) is 1. The van der Waals surface area contributed by atoms with Gasteiger partial charge in [0.25, 0.3) is 0 Å².